The van der Waals surface area contributed by atoms with Gasteiger partial charge in [0.15, 0.2) is 0 Å². The van der Waals surface area contributed by atoms with Gasteiger partial charge in [-0.05, 0) is 42.0 Å². The van der Waals surface area contributed by atoms with Gasteiger partial charge < -0.3 is 11.1 Å². The molecule has 2 aromatic rings. The molecule has 0 spiro atoms. The van der Waals surface area contributed by atoms with Crippen LogP contribution in [0.15, 0.2) is 36.7 Å². The Kier molecular flexibility index (Phi) is 4.32. The summed E-state index contributed by atoms with van der Waals surface area (Å²) in [6.45, 7) is 0.399. The van der Waals surface area contributed by atoms with Crippen LogP contribution in [0.25, 0.3) is 0 Å². The highest BCUT2D eigenvalue weighted by Crippen LogP contribution is 2.39. The van der Waals surface area contributed by atoms with Crippen LogP contribution in [0.4, 0.5) is 0 Å². The quantitative estimate of drug-likeness (QED) is 0.840. The summed E-state index contributed by atoms with van der Waals surface area (Å²) in [6.07, 6.45) is 6.08. The van der Waals surface area contributed by atoms with Crippen molar-refractivity contribution in [1.82, 2.24) is 15.3 Å². The van der Waals surface area contributed by atoms with Crippen molar-refractivity contribution in [2.24, 2.45) is 5.73 Å². The SMILES string of the molecule is NC(=O)c1ccc(CC(=O)NCc2ccc(C3CC3)cn2)cn1. The van der Waals surface area contributed by atoms with Gasteiger partial charge in [0.1, 0.15) is 5.69 Å². The lowest BCUT2D eigenvalue weighted by molar-refractivity contribution is -0.120. The third-order valence-electron chi connectivity index (χ3n) is 3.80. The number of hydrogen-bond donors (Lipinski definition) is 2. The standard InChI is InChI=1S/C17H18N4O2/c18-17(23)15-6-1-11(8-20-15)7-16(22)21-10-14-5-4-13(9-19-14)12-2-3-12/h1,4-6,8-9,12H,2-3,7,10H2,(H2,18,23)(H,21,22). The normalized spacial score (nSPS) is 13.6. The molecule has 0 bridgehead atoms. The Balaban J connectivity index is 1.49. The van der Waals surface area contributed by atoms with Crippen LogP contribution < -0.4 is 11.1 Å². The van der Waals surface area contributed by atoms with Gasteiger partial charge in [-0.3, -0.25) is 19.6 Å². The molecule has 23 heavy (non-hydrogen) atoms. The fourth-order valence-electron chi connectivity index (χ4n) is 2.31. The molecule has 0 radical (unpaired) electrons. The molecule has 0 aliphatic heterocycles. The van der Waals surface area contributed by atoms with Crippen molar-refractivity contribution < 1.29 is 9.59 Å². The van der Waals surface area contributed by atoms with Gasteiger partial charge in [0, 0.05) is 12.4 Å². The molecular weight excluding hydrogens is 292 g/mol. The highest BCUT2D eigenvalue weighted by Gasteiger charge is 2.23. The topological polar surface area (TPSA) is 98.0 Å². The maximum absolute atomic E-state index is 11.9. The summed E-state index contributed by atoms with van der Waals surface area (Å²) in [4.78, 5) is 31.2. The van der Waals surface area contributed by atoms with E-state index in [1.807, 2.05) is 12.3 Å². The Bertz CT molecular complexity index is 706. The molecule has 1 saturated carbocycles. The number of carbonyl (C=O) groups is 2. The zero-order valence-electron chi connectivity index (χ0n) is 12.7. The Hall–Kier alpha value is -2.76. The van der Waals surface area contributed by atoms with E-state index in [1.54, 1.807) is 6.07 Å². The van der Waals surface area contributed by atoms with Crippen LogP contribution in [-0.4, -0.2) is 21.8 Å². The maximum Gasteiger partial charge on any atom is 0.267 e. The second-order valence-electron chi connectivity index (χ2n) is 5.73. The van der Waals surface area contributed by atoms with Crippen LogP contribution >= 0.6 is 0 Å². The number of hydrogen-bond acceptors (Lipinski definition) is 4. The molecular formula is C17H18N4O2. The van der Waals surface area contributed by atoms with Crippen molar-refractivity contribution in [2.45, 2.75) is 31.7 Å². The number of nitrogens with one attached hydrogen (secondary N) is 1. The van der Waals surface area contributed by atoms with Crippen molar-refractivity contribution in [2.75, 3.05) is 0 Å². The fraction of sp³-hybridized carbons (Fsp3) is 0.294. The van der Waals surface area contributed by atoms with Crippen molar-refractivity contribution in [3.8, 4) is 0 Å². The van der Waals surface area contributed by atoms with E-state index in [4.69, 9.17) is 5.73 Å². The summed E-state index contributed by atoms with van der Waals surface area (Å²) in [6, 6.07) is 7.23. The first-order valence-corrected chi connectivity index (χ1v) is 7.58. The summed E-state index contributed by atoms with van der Waals surface area (Å²) >= 11 is 0. The lowest BCUT2D eigenvalue weighted by atomic mass is 10.1. The maximum atomic E-state index is 11.9. The number of primary amides is 1. The van der Waals surface area contributed by atoms with E-state index < -0.39 is 5.91 Å². The molecule has 3 N–H and O–H groups in total. The predicted molar refractivity (Wildman–Crippen MR) is 84.5 cm³/mol. The molecule has 0 aromatic carbocycles. The van der Waals surface area contributed by atoms with Crippen molar-refractivity contribution in [3.05, 3.63) is 59.2 Å². The molecule has 3 rings (SSSR count). The van der Waals surface area contributed by atoms with Crippen LogP contribution in [0, 0.1) is 0 Å². The smallest absolute Gasteiger partial charge is 0.267 e. The predicted octanol–water partition coefficient (Wildman–Crippen LogP) is 1.31. The lowest BCUT2D eigenvalue weighted by Gasteiger charge is -2.06. The van der Waals surface area contributed by atoms with E-state index in [0.29, 0.717) is 12.5 Å². The van der Waals surface area contributed by atoms with E-state index in [9.17, 15) is 9.59 Å². The van der Waals surface area contributed by atoms with Crippen molar-refractivity contribution in [3.63, 3.8) is 0 Å². The van der Waals surface area contributed by atoms with Gasteiger partial charge in [-0.15, -0.1) is 0 Å². The number of nitrogens with two attached hydrogens (primary N) is 1. The van der Waals surface area contributed by atoms with Gasteiger partial charge in [0.2, 0.25) is 5.91 Å². The summed E-state index contributed by atoms with van der Waals surface area (Å²) in [5, 5.41) is 2.83. The monoisotopic (exact) mass is 310 g/mol. The first kappa shape index (κ1) is 15.1. The van der Waals surface area contributed by atoms with Crippen LogP contribution in [0.2, 0.25) is 0 Å². The highest BCUT2D eigenvalue weighted by molar-refractivity contribution is 5.90. The number of pyridine rings is 2. The third-order valence-corrected chi connectivity index (χ3v) is 3.80. The zero-order chi connectivity index (χ0) is 16.2. The molecule has 118 valence electrons. The first-order chi connectivity index (χ1) is 11.1. The summed E-state index contributed by atoms with van der Waals surface area (Å²) < 4.78 is 0. The van der Waals surface area contributed by atoms with E-state index in [1.165, 1.54) is 30.7 Å². The molecule has 0 unspecified atom stereocenters. The minimum absolute atomic E-state index is 0.119. The number of carbonyl (C=O) groups excluding carboxylic acids is 2. The van der Waals surface area contributed by atoms with Gasteiger partial charge >= 0.3 is 0 Å². The van der Waals surface area contributed by atoms with Crippen molar-refractivity contribution >= 4 is 11.8 Å². The Labute approximate surface area is 134 Å². The molecule has 2 heterocycles. The first-order valence-electron chi connectivity index (χ1n) is 7.58. The molecule has 0 atom stereocenters. The summed E-state index contributed by atoms with van der Waals surface area (Å²) in [5.41, 5.74) is 8.15. The average molecular weight is 310 g/mol. The lowest BCUT2D eigenvalue weighted by Crippen LogP contribution is -2.25. The Morgan fingerprint density at radius 3 is 2.52 bits per heavy atom. The molecule has 2 aromatic heterocycles. The van der Waals surface area contributed by atoms with Gasteiger partial charge in [0.05, 0.1) is 18.7 Å². The van der Waals surface area contributed by atoms with Gasteiger partial charge in [0.25, 0.3) is 5.91 Å². The second-order valence-corrected chi connectivity index (χ2v) is 5.73. The summed E-state index contributed by atoms with van der Waals surface area (Å²) in [5.74, 6) is -0.0181. The number of rotatable bonds is 6. The van der Waals surface area contributed by atoms with E-state index in [-0.39, 0.29) is 18.0 Å². The third kappa shape index (κ3) is 4.12. The molecule has 0 saturated heterocycles. The number of nitrogens with zero attached hydrogens (tertiary/aromatic N) is 2. The average Bonchev–Trinajstić information content (AvgIpc) is 3.39. The Morgan fingerprint density at radius 1 is 1.13 bits per heavy atom. The minimum atomic E-state index is -0.582. The van der Waals surface area contributed by atoms with E-state index in [2.05, 4.69) is 21.4 Å². The van der Waals surface area contributed by atoms with Gasteiger partial charge in [-0.25, -0.2) is 0 Å². The van der Waals surface area contributed by atoms with E-state index in [0.717, 1.165) is 11.3 Å². The highest BCUT2D eigenvalue weighted by atomic mass is 16.2. The number of amides is 2. The second kappa shape index (κ2) is 6.56. The number of aromatic nitrogens is 2. The van der Waals surface area contributed by atoms with Gasteiger partial charge in [-0.2, -0.15) is 0 Å². The van der Waals surface area contributed by atoms with Crippen LogP contribution in [0.1, 0.15) is 46.1 Å². The molecule has 6 nitrogen and oxygen atoms in total. The Morgan fingerprint density at radius 2 is 1.96 bits per heavy atom. The van der Waals surface area contributed by atoms with E-state index >= 15 is 0 Å². The van der Waals surface area contributed by atoms with Crippen LogP contribution in [0.5, 0.6) is 0 Å². The molecule has 1 fully saturated rings. The molecule has 1 aliphatic carbocycles. The fourth-order valence-corrected chi connectivity index (χ4v) is 2.31. The molecule has 1 aliphatic rings. The van der Waals surface area contributed by atoms with Gasteiger partial charge in [-0.1, -0.05) is 12.1 Å². The minimum Gasteiger partial charge on any atom is -0.364 e. The molecule has 2 amide bonds. The van der Waals surface area contributed by atoms with Crippen LogP contribution in [-0.2, 0) is 17.8 Å². The molecule has 6 heteroatoms. The van der Waals surface area contributed by atoms with Crippen LogP contribution in [0.3, 0.4) is 0 Å². The zero-order valence-corrected chi connectivity index (χ0v) is 12.7. The van der Waals surface area contributed by atoms with Crippen molar-refractivity contribution in [1.29, 1.82) is 0 Å². The largest absolute Gasteiger partial charge is 0.364 e. The summed E-state index contributed by atoms with van der Waals surface area (Å²) in [7, 11) is 0.